The molecule has 21 heavy (non-hydrogen) atoms. The molecule has 118 valence electrons. The average molecular weight is 314 g/mol. The van der Waals surface area contributed by atoms with E-state index in [1.54, 1.807) is 18.4 Å². The molecule has 7 heteroatoms. The maximum atomic E-state index is 11.1. The summed E-state index contributed by atoms with van der Waals surface area (Å²) in [5, 5.41) is 14.2. The molecule has 0 bridgehead atoms. The van der Waals surface area contributed by atoms with Gasteiger partial charge in [0.25, 0.3) is 0 Å². The molecule has 1 N–H and O–H groups in total. The van der Waals surface area contributed by atoms with Crippen molar-refractivity contribution < 1.29 is 13.9 Å². The van der Waals surface area contributed by atoms with Gasteiger partial charge in [0.05, 0.1) is 11.5 Å². The van der Waals surface area contributed by atoms with Crippen molar-refractivity contribution in [1.82, 2.24) is 0 Å². The Morgan fingerprint density at radius 3 is 2.76 bits per heavy atom. The minimum atomic E-state index is -0.817. The van der Waals surface area contributed by atoms with Crippen molar-refractivity contribution in [2.75, 3.05) is 23.9 Å². The van der Waals surface area contributed by atoms with Crippen LogP contribution in [0.5, 0.6) is 5.75 Å². The molecule has 0 fully saturated rings. The fourth-order valence-corrected chi connectivity index (χ4v) is 2.47. The minimum absolute atomic E-state index is 0.0312. The highest BCUT2D eigenvalue weighted by Gasteiger charge is 2.16. The van der Waals surface area contributed by atoms with Crippen LogP contribution in [-0.2, 0) is 10.8 Å². The van der Waals surface area contributed by atoms with Crippen LogP contribution in [0.4, 0.5) is 11.4 Å². The molecule has 2 atom stereocenters. The number of ether oxygens (including phenoxy) is 1. The lowest BCUT2D eigenvalue weighted by Crippen LogP contribution is -2.18. The summed E-state index contributed by atoms with van der Waals surface area (Å²) in [7, 11) is -0.817. The van der Waals surface area contributed by atoms with Crippen LogP contribution in [0.2, 0.25) is 0 Å². The van der Waals surface area contributed by atoms with Crippen molar-refractivity contribution in [1.29, 1.82) is 0 Å². The molecule has 0 amide bonds. The summed E-state index contributed by atoms with van der Waals surface area (Å²) in [5.41, 5.74) is 0.734. The zero-order valence-electron chi connectivity index (χ0n) is 12.6. The Balaban J connectivity index is 2.79. The molecule has 0 saturated heterocycles. The maximum absolute atomic E-state index is 11.1. The maximum Gasteiger partial charge on any atom is 0.311 e. The Hall–Kier alpha value is -1.63. The molecule has 0 aliphatic carbocycles. The number of hydrogen-bond donors (Lipinski definition) is 1. The van der Waals surface area contributed by atoms with Crippen LogP contribution < -0.4 is 10.1 Å². The molecule has 0 heterocycles. The van der Waals surface area contributed by atoms with Crippen LogP contribution in [0.3, 0.4) is 0 Å². The van der Waals surface area contributed by atoms with Gasteiger partial charge in [-0.3, -0.25) is 14.3 Å². The van der Waals surface area contributed by atoms with Crippen molar-refractivity contribution in [3.8, 4) is 5.75 Å². The first-order chi connectivity index (χ1) is 9.93. The molecule has 0 aliphatic rings. The Kier molecular flexibility index (Phi) is 7.14. The highest BCUT2D eigenvalue weighted by molar-refractivity contribution is 7.84. The van der Waals surface area contributed by atoms with Gasteiger partial charge in [-0.05, 0) is 25.8 Å². The zero-order chi connectivity index (χ0) is 15.8. The summed E-state index contributed by atoms with van der Waals surface area (Å²) in [4.78, 5) is 10.5. The molecule has 2 unspecified atom stereocenters. The highest BCUT2D eigenvalue weighted by atomic mass is 32.2. The first-order valence-corrected chi connectivity index (χ1v) is 8.64. The van der Waals surface area contributed by atoms with Crippen molar-refractivity contribution in [3.05, 3.63) is 28.3 Å². The van der Waals surface area contributed by atoms with Gasteiger partial charge in [-0.1, -0.05) is 6.92 Å². The summed E-state index contributed by atoms with van der Waals surface area (Å²) < 4.78 is 16.5. The van der Waals surface area contributed by atoms with E-state index < -0.39 is 15.7 Å². The van der Waals surface area contributed by atoms with Crippen LogP contribution >= 0.6 is 0 Å². The van der Waals surface area contributed by atoms with Gasteiger partial charge < -0.3 is 10.1 Å². The smallest absolute Gasteiger partial charge is 0.311 e. The largest absolute Gasteiger partial charge is 0.487 e. The second kappa shape index (κ2) is 8.61. The predicted molar refractivity (Wildman–Crippen MR) is 85.5 cm³/mol. The van der Waals surface area contributed by atoms with Crippen LogP contribution in [0.1, 0.15) is 26.7 Å². The second-order valence-electron chi connectivity index (χ2n) is 4.90. The average Bonchev–Trinajstić information content (AvgIpc) is 2.42. The molecule has 0 aromatic heterocycles. The summed E-state index contributed by atoms with van der Waals surface area (Å²) >= 11 is 0. The Morgan fingerprint density at radius 2 is 2.19 bits per heavy atom. The summed E-state index contributed by atoms with van der Waals surface area (Å²) in [6, 6.07) is 4.89. The van der Waals surface area contributed by atoms with Gasteiger partial charge in [0.15, 0.2) is 5.75 Å². The summed E-state index contributed by atoms with van der Waals surface area (Å²) in [6.45, 7) is 4.37. The van der Waals surface area contributed by atoms with Crippen LogP contribution in [0, 0.1) is 10.1 Å². The molecular weight excluding hydrogens is 292 g/mol. The molecule has 1 aromatic carbocycles. The van der Waals surface area contributed by atoms with Gasteiger partial charge in [-0.25, -0.2) is 0 Å². The number of nitrogens with one attached hydrogen (secondary N) is 1. The molecule has 1 rings (SSSR count). The first kappa shape index (κ1) is 17.4. The predicted octanol–water partition coefficient (Wildman–Crippen LogP) is 2.95. The van der Waals surface area contributed by atoms with E-state index in [0.29, 0.717) is 12.4 Å². The van der Waals surface area contributed by atoms with Gasteiger partial charge in [0, 0.05) is 46.7 Å². The summed E-state index contributed by atoms with van der Waals surface area (Å²) in [5.74, 6) is 0.901. The number of benzene rings is 1. The lowest BCUT2D eigenvalue weighted by atomic mass is 10.2. The number of nitrogens with zero attached hydrogens (tertiary/aromatic N) is 1. The number of hydrogen-bond acceptors (Lipinski definition) is 5. The topological polar surface area (TPSA) is 81.5 Å². The molecule has 6 nitrogen and oxygen atoms in total. The van der Waals surface area contributed by atoms with Crippen molar-refractivity contribution >= 4 is 22.2 Å². The molecule has 0 radical (unpaired) electrons. The third-order valence-corrected chi connectivity index (χ3v) is 3.68. The normalized spacial score (nSPS) is 13.5. The summed E-state index contributed by atoms with van der Waals surface area (Å²) in [6.07, 6.45) is 3.23. The van der Waals surface area contributed by atoms with Crippen LogP contribution in [0.25, 0.3) is 0 Å². The SMILES string of the molecule is CCCOc1cc(NC(C)CCS(C)=O)ccc1[N+](=O)[O-]. The standard InChI is InChI=1S/C14H22N2O4S/c1-4-8-20-14-10-12(5-6-13(14)16(17)18)15-11(2)7-9-21(3)19/h5-6,10-11,15H,4,7-9H2,1-3H3. The van der Waals surface area contributed by atoms with Crippen LogP contribution in [-0.4, -0.2) is 33.8 Å². The molecule has 0 saturated carbocycles. The Bertz CT molecular complexity index is 508. The number of rotatable bonds is 9. The lowest BCUT2D eigenvalue weighted by molar-refractivity contribution is -0.385. The molecule has 0 aliphatic heterocycles. The fraction of sp³-hybridized carbons (Fsp3) is 0.571. The van der Waals surface area contributed by atoms with Crippen molar-refractivity contribution in [2.45, 2.75) is 32.7 Å². The monoisotopic (exact) mass is 314 g/mol. The van der Waals surface area contributed by atoms with Crippen molar-refractivity contribution in [3.63, 3.8) is 0 Å². The van der Waals surface area contributed by atoms with E-state index in [-0.39, 0.29) is 17.5 Å². The number of nitro benzene ring substituents is 1. The highest BCUT2D eigenvalue weighted by Crippen LogP contribution is 2.30. The van der Waals surface area contributed by atoms with E-state index in [0.717, 1.165) is 18.5 Å². The Morgan fingerprint density at radius 1 is 1.48 bits per heavy atom. The molecule has 0 spiro atoms. The lowest BCUT2D eigenvalue weighted by Gasteiger charge is -2.15. The van der Waals surface area contributed by atoms with Gasteiger partial charge in [-0.2, -0.15) is 0 Å². The van der Waals surface area contributed by atoms with Gasteiger partial charge >= 0.3 is 5.69 Å². The third-order valence-electron chi connectivity index (χ3n) is 2.87. The zero-order valence-corrected chi connectivity index (χ0v) is 13.4. The first-order valence-electron chi connectivity index (χ1n) is 6.91. The Labute approximate surface area is 127 Å². The fourth-order valence-electron chi connectivity index (χ4n) is 1.78. The van der Waals surface area contributed by atoms with Gasteiger partial charge in [0.2, 0.25) is 0 Å². The van der Waals surface area contributed by atoms with Gasteiger partial charge in [-0.15, -0.1) is 0 Å². The number of nitro groups is 1. The second-order valence-corrected chi connectivity index (χ2v) is 6.45. The van der Waals surface area contributed by atoms with Crippen LogP contribution in [0.15, 0.2) is 18.2 Å². The third kappa shape index (κ3) is 6.12. The van der Waals surface area contributed by atoms with E-state index >= 15 is 0 Å². The van der Waals surface area contributed by atoms with E-state index in [4.69, 9.17) is 4.74 Å². The molecule has 1 aromatic rings. The van der Waals surface area contributed by atoms with Gasteiger partial charge in [0.1, 0.15) is 0 Å². The van der Waals surface area contributed by atoms with Crippen molar-refractivity contribution in [2.24, 2.45) is 0 Å². The molecular formula is C14H22N2O4S. The van der Waals surface area contributed by atoms with E-state index in [1.165, 1.54) is 6.07 Å². The van der Waals surface area contributed by atoms with E-state index in [1.807, 2.05) is 13.8 Å². The van der Waals surface area contributed by atoms with E-state index in [2.05, 4.69) is 5.32 Å². The van der Waals surface area contributed by atoms with E-state index in [9.17, 15) is 14.3 Å². The number of anilines is 1. The quantitative estimate of drug-likeness (QED) is 0.560. The minimum Gasteiger partial charge on any atom is -0.487 e.